The molecule has 0 bridgehead atoms. The second kappa shape index (κ2) is 4.44. The van der Waals surface area contributed by atoms with Crippen molar-refractivity contribution in [2.75, 3.05) is 0 Å². The zero-order valence-electron chi connectivity index (χ0n) is 8.76. The van der Waals surface area contributed by atoms with Gasteiger partial charge in [-0.3, -0.25) is 4.68 Å². The number of halogens is 1. The monoisotopic (exact) mass is 292 g/mol. The molecule has 0 aliphatic heterocycles. The second-order valence-corrected chi connectivity index (χ2v) is 4.65. The van der Waals surface area contributed by atoms with Gasteiger partial charge in [0.1, 0.15) is 0 Å². The maximum atomic E-state index is 4.54. The number of hydrogen-bond acceptors (Lipinski definition) is 1. The predicted molar refractivity (Wildman–Crippen MR) is 64.0 cm³/mol. The standard InChI is InChI=1S/C10H17IN2/c1-5-6-7(2)13-9(4)10(11)8(3)12-13/h7H,5-6H2,1-4H3. The molecule has 1 rings (SSSR count). The van der Waals surface area contributed by atoms with Crippen LogP contribution in [0.15, 0.2) is 0 Å². The molecule has 0 amide bonds. The third-order valence-electron chi connectivity index (χ3n) is 2.36. The van der Waals surface area contributed by atoms with Crippen molar-refractivity contribution in [3.8, 4) is 0 Å². The summed E-state index contributed by atoms with van der Waals surface area (Å²) in [7, 11) is 0. The Balaban J connectivity index is 2.94. The van der Waals surface area contributed by atoms with E-state index in [0.717, 1.165) is 5.69 Å². The second-order valence-electron chi connectivity index (χ2n) is 3.57. The van der Waals surface area contributed by atoms with Crippen molar-refractivity contribution < 1.29 is 0 Å². The molecule has 0 spiro atoms. The topological polar surface area (TPSA) is 17.8 Å². The largest absolute Gasteiger partial charge is 0.266 e. The van der Waals surface area contributed by atoms with Crippen molar-refractivity contribution in [3.63, 3.8) is 0 Å². The minimum Gasteiger partial charge on any atom is -0.266 e. The summed E-state index contributed by atoms with van der Waals surface area (Å²) in [4.78, 5) is 0. The van der Waals surface area contributed by atoms with Crippen LogP contribution in [-0.4, -0.2) is 9.78 Å². The normalized spacial score (nSPS) is 13.3. The van der Waals surface area contributed by atoms with E-state index in [9.17, 15) is 0 Å². The lowest BCUT2D eigenvalue weighted by atomic mass is 10.2. The smallest absolute Gasteiger partial charge is 0.0730 e. The van der Waals surface area contributed by atoms with E-state index in [4.69, 9.17) is 0 Å². The van der Waals surface area contributed by atoms with Crippen LogP contribution in [0.2, 0.25) is 0 Å². The first kappa shape index (κ1) is 11.0. The minimum atomic E-state index is 0.534. The van der Waals surface area contributed by atoms with Crippen molar-refractivity contribution in [2.24, 2.45) is 0 Å². The van der Waals surface area contributed by atoms with E-state index in [1.165, 1.54) is 22.1 Å². The molecule has 0 aliphatic rings. The average Bonchev–Trinajstić information content (AvgIpc) is 2.33. The Morgan fingerprint density at radius 3 is 2.46 bits per heavy atom. The Bertz CT molecular complexity index is 291. The molecule has 0 saturated heterocycles. The van der Waals surface area contributed by atoms with E-state index in [1.807, 2.05) is 0 Å². The summed E-state index contributed by atoms with van der Waals surface area (Å²) < 4.78 is 3.46. The van der Waals surface area contributed by atoms with Crippen molar-refractivity contribution in [1.82, 2.24) is 9.78 Å². The lowest BCUT2D eigenvalue weighted by molar-refractivity contribution is 0.443. The van der Waals surface area contributed by atoms with Crippen molar-refractivity contribution >= 4 is 22.6 Å². The molecule has 0 aromatic carbocycles. The highest BCUT2D eigenvalue weighted by atomic mass is 127. The Kier molecular flexibility index (Phi) is 3.76. The van der Waals surface area contributed by atoms with Crippen LogP contribution in [0, 0.1) is 17.4 Å². The molecular weight excluding hydrogens is 275 g/mol. The molecule has 0 aliphatic carbocycles. The third kappa shape index (κ3) is 2.24. The minimum absolute atomic E-state index is 0.534. The fourth-order valence-electron chi connectivity index (χ4n) is 1.61. The maximum absolute atomic E-state index is 4.54. The van der Waals surface area contributed by atoms with Gasteiger partial charge in [0.15, 0.2) is 0 Å². The first-order valence-electron chi connectivity index (χ1n) is 4.79. The van der Waals surface area contributed by atoms with Gasteiger partial charge in [-0.05, 0) is 49.8 Å². The number of aryl methyl sites for hydroxylation is 1. The molecule has 0 fully saturated rings. The molecule has 0 N–H and O–H groups in total. The molecule has 0 radical (unpaired) electrons. The summed E-state index contributed by atoms with van der Waals surface area (Å²) >= 11 is 2.37. The van der Waals surface area contributed by atoms with Gasteiger partial charge in [0.2, 0.25) is 0 Å². The first-order chi connectivity index (χ1) is 6.07. The number of aromatic nitrogens is 2. The van der Waals surface area contributed by atoms with Gasteiger partial charge in [-0.1, -0.05) is 13.3 Å². The van der Waals surface area contributed by atoms with Crippen LogP contribution in [0.3, 0.4) is 0 Å². The molecule has 3 heteroatoms. The molecule has 0 saturated carbocycles. The molecule has 1 aromatic heterocycles. The van der Waals surface area contributed by atoms with Crippen LogP contribution in [0.4, 0.5) is 0 Å². The fourth-order valence-corrected chi connectivity index (χ4v) is 1.97. The quantitative estimate of drug-likeness (QED) is 0.780. The number of nitrogens with zero attached hydrogens (tertiary/aromatic N) is 2. The van der Waals surface area contributed by atoms with Crippen LogP contribution in [0.1, 0.15) is 44.1 Å². The number of hydrogen-bond donors (Lipinski definition) is 0. The summed E-state index contributed by atoms with van der Waals surface area (Å²) in [5.41, 5.74) is 2.46. The van der Waals surface area contributed by atoms with Gasteiger partial charge in [-0.15, -0.1) is 0 Å². The lowest BCUT2D eigenvalue weighted by Gasteiger charge is -2.12. The summed E-state index contributed by atoms with van der Waals surface area (Å²) in [5, 5.41) is 4.54. The summed E-state index contributed by atoms with van der Waals surface area (Å²) in [6.07, 6.45) is 2.42. The molecule has 13 heavy (non-hydrogen) atoms. The molecule has 1 atom stereocenters. The average molecular weight is 292 g/mol. The van der Waals surface area contributed by atoms with Crippen LogP contribution < -0.4 is 0 Å². The molecule has 1 heterocycles. The Morgan fingerprint density at radius 2 is 2.08 bits per heavy atom. The molecule has 1 unspecified atom stereocenters. The van der Waals surface area contributed by atoms with E-state index < -0.39 is 0 Å². The van der Waals surface area contributed by atoms with E-state index in [0.29, 0.717) is 6.04 Å². The molecule has 1 aromatic rings. The molecule has 2 nitrogen and oxygen atoms in total. The first-order valence-corrected chi connectivity index (χ1v) is 5.87. The molecule has 74 valence electrons. The van der Waals surface area contributed by atoms with Crippen molar-refractivity contribution in [3.05, 3.63) is 15.0 Å². The summed E-state index contributed by atoms with van der Waals surface area (Å²) in [6.45, 7) is 8.67. The highest BCUT2D eigenvalue weighted by Crippen LogP contribution is 2.21. The zero-order valence-corrected chi connectivity index (χ0v) is 10.9. The van der Waals surface area contributed by atoms with Gasteiger partial charge < -0.3 is 0 Å². The Labute approximate surface area is 93.9 Å². The van der Waals surface area contributed by atoms with Gasteiger partial charge in [0.25, 0.3) is 0 Å². The van der Waals surface area contributed by atoms with Gasteiger partial charge in [0.05, 0.1) is 9.26 Å². The van der Waals surface area contributed by atoms with Crippen LogP contribution >= 0.6 is 22.6 Å². The van der Waals surface area contributed by atoms with Gasteiger partial charge in [0, 0.05) is 11.7 Å². The predicted octanol–water partition coefficient (Wildman–Crippen LogP) is 3.47. The van der Waals surface area contributed by atoms with Crippen LogP contribution in [0.5, 0.6) is 0 Å². The third-order valence-corrected chi connectivity index (χ3v) is 3.92. The molecular formula is C10H17IN2. The van der Waals surface area contributed by atoms with Gasteiger partial charge in [-0.2, -0.15) is 5.10 Å². The van der Waals surface area contributed by atoms with Gasteiger partial charge in [-0.25, -0.2) is 0 Å². The Morgan fingerprint density at radius 1 is 1.46 bits per heavy atom. The summed E-state index contributed by atoms with van der Waals surface area (Å²) in [6, 6.07) is 0.534. The van der Waals surface area contributed by atoms with E-state index >= 15 is 0 Å². The maximum Gasteiger partial charge on any atom is 0.0730 e. The number of rotatable bonds is 3. The van der Waals surface area contributed by atoms with E-state index in [-0.39, 0.29) is 0 Å². The van der Waals surface area contributed by atoms with Crippen molar-refractivity contribution in [2.45, 2.75) is 46.6 Å². The van der Waals surface area contributed by atoms with Gasteiger partial charge >= 0.3 is 0 Å². The van der Waals surface area contributed by atoms with E-state index in [1.54, 1.807) is 0 Å². The SMILES string of the molecule is CCCC(C)n1nc(C)c(I)c1C. The van der Waals surface area contributed by atoms with Crippen LogP contribution in [0.25, 0.3) is 0 Å². The van der Waals surface area contributed by atoms with Crippen molar-refractivity contribution in [1.29, 1.82) is 0 Å². The lowest BCUT2D eigenvalue weighted by Crippen LogP contribution is -2.08. The zero-order chi connectivity index (χ0) is 10.0. The highest BCUT2D eigenvalue weighted by Gasteiger charge is 2.12. The highest BCUT2D eigenvalue weighted by molar-refractivity contribution is 14.1. The fraction of sp³-hybridized carbons (Fsp3) is 0.700. The van der Waals surface area contributed by atoms with E-state index in [2.05, 4.69) is 60.1 Å². The van der Waals surface area contributed by atoms with Crippen LogP contribution in [-0.2, 0) is 0 Å². The Hall–Kier alpha value is -0.0600. The summed E-state index contributed by atoms with van der Waals surface area (Å²) in [5.74, 6) is 0.